The Hall–Kier alpha value is -1.36. The van der Waals surface area contributed by atoms with Crippen molar-refractivity contribution in [3.8, 4) is 0 Å². The van der Waals surface area contributed by atoms with E-state index >= 15 is 0 Å². The zero-order valence-electron chi connectivity index (χ0n) is 12.9. The highest BCUT2D eigenvalue weighted by Crippen LogP contribution is 2.31. The number of nitrogens with one attached hydrogen (secondary N) is 1. The predicted molar refractivity (Wildman–Crippen MR) is 91.4 cm³/mol. The van der Waals surface area contributed by atoms with Gasteiger partial charge in [-0.05, 0) is 37.1 Å². The van der Waals surface area contributed by atoms with Crippen LogP contribution in [0.1, 0.15) is 39.0 Å². The number of nitrogens with zero attached hydrogens (tertiary/aromatic N) is 3. The van der Waals surface area contributed by atoms with E-state index < -0.39 is 0 Å². The number of hydrogen-bond acceptors (Lipinski definition) is 5. The van der Waals surface area contributed by atoms with Crippen molar-refractivity contribution in [2.75, 3.05) is 30.4 Å². The van der Waals surface area contributed by atoms with Crippen molar-refractivity contribution in [2.45, 2.75) is 39.0 Å². The van der Waals surface area contributed by atoms with Crippen LogP contribution in [0.5, 0.6) is 0 Å². The molecule has 0 saturated heterocycles. The van der Waals surface area contributed by atoms with E-state index in [0.29, 0.717) is 0 Å². The van der Waals surface area contributed by atoms with Crippen LogP contribution in [0, 0.1) is 5.92 Å². The molecular formula is C16H24N4S. The summed E-state index contributed by atoms with van der Waals surface area (Å²) < 4.78 is 0. The van der Waals surface area contributed by atoms with Crippen LogP contribution in [0.2, 0.25) is 0 Å². The van der Waals surface area contributed by atoms with Crippen LogP contribution in [0.15, 0.2) is 11.4 Å². The summed E-state index contributed by atoms with van der Waals surface area (Å²) in [6.45, 7) is 4.03. The molecule has 0 unspecified atom stereocenters. The first-order valence-electron chi connectivity index (χ1n) is 7.98. The Kier molecular flexibility index (Phi) is 4.58. The van der Waals surface area contributed by atoms with E-state index in [-0.39, 0.29) is 0 Å². The molecule has 5 heteroatoms. The zero-order valence-corrected chi connectivity index (χ0v) is 13.7. The van der Waals surface area contributed by atoms with Crippen LogP contribution < -0.4 is 10.2 Å². The molecule has 0 amide bonds. The summed E-state index contributed by atoms with van der Waals surface area (Å²) in [6.07, 6.45) is 6.91. The maximum atomic E-state index is 4.74. The van der Waals surface area contributed by atoms with Gasteiger partial charge >= 0.3 is 0 Å². The minimum absolute atomic E-state index is 0.748. The smallest absolute Gasteiger partial charge is 0.226 e. The highest BCUT2D eigenvalue weighted by molar-refractivity contribution is 7.16. The third-order valence-corrected chi connectivity index (χ3v) is 5.06. The topological polar surface area (TPSA) is 41.1 Å². The first kappa shape index (κ1) is 14.6. The monoisotopic (exact) mass is 304 g/mol. The van der Waals surface area contributed by atoms with Gasteiger partial charge in [-0.3, -0.25) is 0 Å². The Morgan fingerprint density at radius 3 is 2.86 bits per heavy atom. The van der Waals surface area contributed by atoms with Gasteiger partial charge in [-0.2, -0.15) is 4.98 Å². The SMILES string of the molecule is CCNc1nc(N(C)CC2CCCCC2)c2ccsc2n1. The second-order valence-electron chi connectivity index (χ2n) is 5.93. The van der Waals surface area contributed by atoms with Crippen molar-refractivity contribution in [3.63, 3.8) is 0 Å². The quantitative estimate of drug-likeness (QED) is 0.901. The number of aromatic nitrogens is 2. The van der Waals surface area contributed by atoms with E-state index in [1.807, 2.05) is 0 Å². The van der Waals surface area contributed by atoms with Crippen molar-refractivity contribution in [1.82, 2.24) is 9.97 Å². The summed E-state index contributed by atoms with van der Waals surface area (Å²) in [5, 5.41) is 6.53. The van der Waals surface area contributed by atoms with Gasteiger partial charge in [-0.25, -0.2) is 4.98 Å². The Labute approximate surface area is 130 Å². The third kappa shape index (κ3) is 3.28. The van der Waals surface area contributed by atoms with E-state index in [2.05, 4.69) is 40.6 Å². The highest BCUT2D eigenvalue weighted by atomic mass is 32.1. The Morgan fingerprint density at radius 1 is 1.29 bits per heavy atom. The average molecular weight is 304 g/mol. The molecule has 21 heavy (non-hydrogen) atoms. The molecule has 1 fully saturated rings. The molecule has 2 aromatic heterocycles. The lowest BCUT2D eigenvalue weighted by atomic mass is 9.89. The van der Waals surface area contributed by atoms with Crippen LogP contribution in [0.25, 0.3) is 10.2 Å². The fourth-order valence-electron chi connectivity index (χ4n) is 3.21. The first-order valence-corrected chi connectivity index (χ1v) is 8.86. The van der Waals surface area contributed by atoms with Crippen LogP contribution >= 0.6 is 11.3 Å². The van der Waals surface area contributed by atoms with E-state index in [9.17, 15) is 0 Å². The third-order valence-electron chi connectivity index (χ3n) is 4.26. The van der Waals surface area contributed by atoms with Crippen molar-refractivity contribution in [2.24, 2.45) is 5.92 Å². The van der Waals surface area contributed by atoms with Gasteiger partial charge in [-0.15, -0.1) is 11.3 Å². The number of fused-ring (bicyclic) bond motifs is 1. The molecule has 1 saturated carbocycles. The summed E-state index contributed by atoms with van der Waals surface area (Å²) in [7, 11) is 2.17. The lowest BCUT2D eigenvalue weighted by Crippen LogP contribution is -2.28. The summed E-state index contributed by atoms with van der Waals surface area (Å²) in [5.41, 5.74) is 0. The molecule has 4 nitrogen and oxygen atoms in total. The minimum atomic E-state index is 0.748. The number of thiophene rings is 1. The molecule has 2 heterocycles. The minimum Gasteiger partial charge on any atom is -0.359 e. The van der Waals surface area contributed by atoms with Gasteiger partial charge < -0.3 is 10.2 Å². The van der Waals surface area contributed by atoms with Gasteiger partial charge in [0.2, 0.25) is 5.95 Å². The summed E-state index contributed by atoms with van der Waals surface area (Å²) in [5.74, 6) is 2.63. The molecule has 0 radical (unpaired) electrons. The van der Waals surface area contributed by atoms with Gasteiger partial charge in [0.25, 0.3) is 0 Å². The fourth-order valence-corrected chi connectivity index (χ4v) is 3.97. The van der Waals surface area contributed by atoms with Crippen LogP contribution in [-0.2, 0) is 0 Å². The second-order valence-corrected chi connectivity index (χ2v) is 6.82. The second kappa shape index (κ2) is 6.60. The van der Waals surface area contributed by atoms with Gasteiger partial charge in [0.1, 0.15) is 10.6 Å². The molecule has 0 atom stereocenters. The molecule has 0 spiro atoms. The summed E-state index contributed by atoms with van der Waals surface area (Å²) in [4.78, 5) is 12.7. The molecule has 0 aromatic carbocycles. The summed E-state index contributed by atoms with van der Waals surface area (Å²) in [6, 6.07) is 2.14. The number of hydrogen-bond donors (Lipinski definition) is 1. The van der Waals surface area contributed by atoms with Gasteiger partial charge in [0.15, 0.2) is 0 Å². The molecule has 1 N–H and O–H groups in total. The van der Waals surface area contributed by atoms with Gasteiger partial charge in [0, 0.05) is 20.1 Å². The fraction of sp³-hybridized carbons (Fsp3) is 0.625. The molecule has 1 aliphatic rings. The van der Waals surface area contributed by atoms with E-state index in [1.165, 1.54) is 37.5 Å². The first-order chi connectivity index (χ1) is 10.3. The normalized spacial score (nSPS) is 16.3. The van der Waals surface area contributed by atoms with Crippen molar-refractivity contribution in [1.29, 1.82) is 0 Å². The Morgan fingerprint density at radius 2 is 2.10 bits per heavy atom. The maximum Gasteiger partial charge on any atom is 0.226 e. The van der Waals surface area contributed by atoms with Crippen molar-refractivity contribution in [3.05, 3.63) is 11.4 Å². The van der Waals surface area contributed by atoms with E-state index in [4.69, 9.17) is 4.98 Å². The van der Waals surface area contributed by atoms with E-state index in [1.54, 1.807) is 11.3 Å². The summed E-state index contributed by atoms with van der Waals surface area (Å²) >= 11 is 1.69. The highest BCUT2D eigenvalue weighted by Gasteiger charge is 2.18. The van der Waals surface area contributed by atoms with Crippen molar-refractivity contribution < 1.29 is 0 Å². The lowest BCUT2D eigenvalue weighted by molar-refractivity contribution is 0.362. The van der Waals surface area contributed by atoms with Gasteiger partial charge in [-0.1, -0.05) is 19.3 Å². The van der Waals surface area contributed by atoms with Crippen molar-refractivity contribution >= 4 is 33.3 Å². The van der Waals surface area contributed by atoms with Gasteiger partial charge in [0.05, 0.1) is 5.39 Å². The Bertz CT molecular complexity index is 589. The zero-order chi connectivity index (χ0) is 14.7. The molecule has 0 aliphatic heterocycles. The number of anilines is 2. The average Bonchev–Trinajstić information content (AvgIpc) is 2.96. The molecule has 114 valence electrons. The lowest BCUT2D eigenvalue weighted by Gasteiger charge is -2.28. The number of rotatable bonds is 5. The molecular weight excluding hydrogens is 280 g/mol. The molecule has 1 aliphatic carbocycles. The molecule has 0 bridgehead atoms. The maximum absolute atomic E-state index is 4.74. The standard InChI is InChI=1S/C16H24N4S/c1-3-17-16-18-14(13-9-10-21-15(13)19-16)20(2)11-12-7-5-4-6-8-12/h9-10,12H,3-8,11H2,1-2H3,(H,17,18,19). The molecule has 3 rings (SSSR count). The van der Waals surface area contributed by atoms with Crippen LogP contribution in [0.4, 0.5) is 11.8 Å². The largest absolute Gasteiger partial charge is 0.359 e. The van der Waals surface area contributed by atoms with Crippen LogP contribution in [0.3, 0.4) is 0 Å². The Balaban J connectivity index is 1.84. The predicted octanol–water partition coefficient (Wildman–Crippen LogP) is 4.14. The van der Waals surface area contributed by atoms with E-state index in [0.717, 1.165) is 35.6 Å². The molecule has 2 aromatic rings. The van der Waals surface area contributed by atoms with Crippen LogP contribution in [-0.4, -0.2) is 30.1 Å².